The van der Waals surface area contributed by atoms with E-state index in [1.165, 1.54) is 12.8 Å². The van der Waals surface area contributed by atoms with Crippen LogP contribution in [0.2, 0.25) is 0 Å². The van der Waals surface area contributed by atoms with Gasteiger partial charge < -0.3 is 10.1 Å². The first-order chi connectivity index (χ1) is 9.18. The molecule has 0 radical (unpaired) electrons. The molecule has 1 aromatic carbocycles. The first-order valence-electron chi connectivity index (χ1n) is 6.78. The van der Waals surface area contributed by atoms with Gasteiger partial charge in [-0.25, -0.2) is 0 Å². The normalized spacial score (nSPS) is 15.6. The molecule has 0 aliphatic heterocycles. The average molecular weight is 264 g/mol. The maximum absolute atomic E-state index is 11.0. The molecule has 0 saturated heterocycles. The van der Waals surface area contributed by atoms with Crippen molar-refractivity contribution >= 4 is 11.4 Å². The van der Waals surface area contributed by atoms with E-state index in [2.05, 4.69) is 5.32 Å². The smallest absolute Gasteiger partial charge is 0.295 e. The zero-order valence-electron chi connectivity index (χ0n) is 11.2. The number of anilines is 1. The zero-order valence-corrected chi connectivity index (χ0v) is 11.2. The minimum absolute atomic E-state index is 0.156. The van der Waals surface area contributed by atoms with Crippen LogP contribution in [-0.4, -0.2) is 24.2 Å². The number of hydrogen-bond donors (Lipinski definition) is 1. The van der Waals surface area contributed by atoms with Gasteiger partial charge in [0.15, 0.2) is 0 Å². The summed E-state index contributed by atoms with van der Waals surface area (Å²) in [6.07, 6.45) is 5.17. The highest BCUT2D eigenvalue weighted by atomic mass is 16.6. The molecule has 5 heteroatoms. The lowest BCUT2D eigenvalue weighted by Gasteiger charge is -2.12. The quantitative estimate of drug-likeness (QED) is 0.486. The molecule has 5 nitrogen and oxygen atoms in total. The molecule has 1 N–H and O–H groups in total. The Bertz CT molecular complexity index is 442. The minimum Gasteiger partial charge on any atom is -0.377 e. The lowest BCUT2D eigenvalue weighted by atomic mass is 10.1. The van der Waals surface area contributed by atoms with Crippen molar-refractivity contribution in [3.63, 3.8) is 0 Å². The summed E-state index contributed by atoms with van der Waals surface area (Å²) in [4.78, 5) is 10.7. The van der Waals surface area contributed by atoms with E-state index >= 15 is 0 Å². The van der Waals surface area contributed by atoms with Crippen molar-refractivity contribution in [2.45, 2.75) is 38.7 Å². The third-order valence-corrected chi connectivity index (χ3v) is 3.49. The lowest BCUT2D eigenvalue weighted by Crippen LogP contribution is -2.16. The molecule has 1 saturated carbocycles. The Morgan fingerprint density at radius 1 is 1.42 bits per heavy atom. The van der Waals surface area contributed by atoms with Gasteiger partial charge in [-0.1, -0.05) is 25.0 Å². The number of rotatable bonds is 6. The summed E-state index contributed by atoms with van der Waals surface area (Å²) >= 11 is 0. The third-order valence-electron chi connectivity index (χ3n) is 3.49. The van der Waals surface area contributed by atoms with Crippen LogP contribution >= 0.6 is 0 Å². The molecule has 19 heavy (non-hydrogen) atoms. The van der Waals surface area contributed by atoms with E-state index in [9.17, 15) is 10.1 Å². The molecule has 2 rings (SSSR count). The van der Waals surface area contributed by atoms with E-state index in [0.717, 1.165) is 12.8 Å². The Morgan fingerprint density at radius 2 is 2.16 bits per heavy atom. The molecule has 1 aliphatic rings. The Kier molecular flexibility index (Phi) is 4.74. The number of aryl methyl sites for hydroxylation is 1. The van der Waals surface area contributed by atoms with E-state index in [1.54, 1.807) is 19.1 Å². The number of nitro benzene ring substituents is 1. The fourth-order valence-corrected chi connectivity index (χ4v) is 2.51. The van der Waals surface area contributed by atoms with Gasteiger partial charge in [-0.15, -0.1) is 0 Å². The predicted octanol–water partition coefficient (Wildman–Crippen LogP) is 3.27. The molecule has 1 aliphatic carbocycles. The SMILES string of the molecule is Cc1cccc(NCCOC2CCCC2)c1[N+](=O)[O-]. The van der Waals surface area contributed by atoms with Gasteiger partial charge in [0.05, 0.1) is 17.6 Å². The molecular formula is C14H20N2O3. The Hall–Kier alpha value is -1.62. The molecule has 0 heterocycles. The predicted molar refractivity (Wildman–Crippen MR) is 74.5 cm³/mol. The second-order valence-corrected chi connectivity index (χ2v) is 4.93. The summed E-state index contributed by atoms with van der Waals surface area (Å²) in [5, 5.41) is 14.1. The molecule has 0 unspecified atom stereocenters. The van der Waals surface area contributed by atoms with Gasteiger partial charge in [-0.2, -0.15) is 0 Å². The van der Waals surface area contributed by atoms with Gasteiger partial charge in [0.25, 0.3) is 5.69 Å². The van der Waals surface area contributed by atoms with Crippen LogP contribution in [-0.2, 0) is 4.74 Å². The van der Waals surface area contributed by atoms with Crippen LogP contribution in [0.5, 0.6) is 0 Å². The lowest BCUT2D eigenvalue weighted by molar-refractivity contribution is -0.384. The van der Waals surface area contributed by atoms with Gasteiger partial charge >= 0.3 is 0 Å². The van der Waals surface area contributed by atoms with Crippen molar-refractivity contribution < 1.29 is 9.66 Å². The van der Waals surface area contributed by atoms with Gasteiger partial charge in [-0.05, 0) is 25.8 Å². The molecule has 0 amide bonds. The molecule has 0 atom stereocenters. The standard InChI is InChI=1S/C14H20N2O3/c1-11-5-4-8-13(14(11)16(17)18)15-9-10-19-12-6-2-3-7-12/h4-5,8,12,15H,2-3,6-7,9-10H2,1H3. The van der Waals surface area contributed by atoms with Crippen molar-refractivity contribution in [3.05, 3.63) is 33.9 Å². The highest BCUT2D eigenvalue weighted by Gasteiger charge is 2.17. The zero-order chi connectivity index (χ0) is 13.7. The molecule has 0 aromatic heterocycles. The number of hydrogen-bond acceptors (Lipinski definition) is 4. The van der Waals surface area contributed by atoms with Crippen molar-refractivity contribution in [1.82, 2.24) is 0 Å². The van der Waals surface area contributed by atoms with Crippen molar-refractivity contribution in [2.24, 2.45) is 0 Å². The highest BCUT2D eigenvalue weighted by molar-refractivity contribution is 5.64. The van der Waals surface area contributed by atoms with Crippen LogP contribution in [0.15, 0.2) is 18.2 Å². The second kappa shape index (κ2) is 6.52. The summed E-state index contributed by atoms with van der Waals surface area (Å²) in [6, 6.07) is 5.31. The maximum Gasteiger partial charge on any atom is 0.295 e. The van der Waals surface area contributed by atoms with E-state index in [4.69, 9.17) is 4.74 Å². The van der Waals surface area contributed by atoms with Crippen LogP contribution in [0.3, 0.4) is 0 Å². The molecule has 0 spiro atoms. The first-order valence-corrected chi connectivity index (χ1v) is 6.78. The number of nitrogens with one attached hydrogen (secondary N) is 1. The van der Waals surface area contributed by atoms with E-state index < -0.39 is 0 Å². The number of nitro groups is 1. The maximum atomic E-state index is 11.0. The van der Waals surface area contributed by atoms with Gasteiger partial charge in [0.2, 0.25) is 0 Å². The molecule has 1 aromatic rings. The van der Waals surface area contributed by atoms with Crippen LogP contribution < -0.4 is 5.32 Å². The second-order valence-electron chi connectivity index (χ2n) is 4.93. The topological polar surface area (TPSA) is 64.4 Å². The number of para-hydroxylation sites is 1. The fraction of sp³-hybridized carbons (Fsp3) is 0.571. The number of nitrogens with zero attached hydrogens (tertiary/aromatic N) is 1. The van der Waals surface area contributed by atoms with E-state index in [0.29, 0.717) is 30.5 Å². The molecular weight excluding hydrogens is 244 g/mol. The van der Waals surface area contributed by atoms with Gasteiger partial charge in [0, 0.05) is 12.1 Å². The third kappa shape index (κ3) is 3.67. The fourth-order valence-electron chi connectivity index (χ4n) is 2.51. The monoisotopic (exact) mass is 264 g/mol. The van der Waals surface area contributed by atoms with Gasteiger partial charge in [-0.3, -0.25) is 10.1 Å². The molecule has 104 valence electrons. The summed E-state index contributed by atoms with van der Waals surface area (Å²) in [6.45, 7) is 2.94. The van der Waals surface area contributed by atoms with E-state index in [1.807, 2.05) is 6.07 Å². The van der Waals surface area contributed by atoms with E-state index in [-0.39, 0.29) is 10.6 Å². The minimum atomic E-state index is -0.338. The summed E-state index contributed by atoms with van der Waals surface area (Å²) in [7, 11) is 0. The van der Waals surface area contributed by atoms with Crippen LogP contribution in [0.4, 0.5) is 11.4 Å². The summed E-state index contributed by atoms with van der Waals surface area (Å²) < 4.78 is 5.72. The Labute approximate surface area is 113 Å². The Morgan fingerprint density at radius 3 is 2.84 bits per heavy atom. The number of benzene rings is 1. The molecule has 1 fully saturated rings. The highest BCUT2D eigenvalue weighted by Crippen LogP contribution is 2.27. The first kappa shape index (κ1) is 13.8. The van der Waals surface area contributed by atoms with Crippen LogP contribution in [0.1, 0.15) is 31.2 Å². The van der Waals surface area contributed by atoms with Crippen LogP contribution in [0.25, 0.3) is 0 Å². The molecule has 0 bridgehead atoms. The van der Waals surface area contributed by atoms with Crippen molar-refractivity contribution in [2.75, 3.05) is 18.5 Å². The number of ether oxygens (including phenoxy) is 1. The largest absolute Gasteiger partial charge is 0.377 e. The summed E-state index contributed by atoms with van der Waals surface area (Å²) in [5.41, 5.74) is 1.40. The van der Waals surface area contributed by atoms with Crippen molar-refractivity contribution in [3.8, 4) is 0 Å². The van der Waals surface area contributed by atoms with Gasteiger partial charge in [0.1, 0.15) is 5.69 Å². The van der Waals surface area contributed by atoms with Crippen molar-refractivity contribution in [1.29, 1.82) is 0 Å². The summed E-state index contributed by atoms with van der Waals surface area (Å²) in [5.74, 6) is 0. The average Bonchev–Trinajstić information content (AvgIpc) is 2.87. The van der Waals surface area contributed by atoms with Crippen LogP contribution in [0, 0.1) is 17.0 Å². The Balaban J connectivity index is 1.85.